The quantitative estimate of drug-likeness (QED) is 0.891. The number of ether oxygens (including phenoxy) is 1. The average molecular weight is 352 g/mol. The number of nitrogens with zero attached hydrogens (tertiary/aromatic N) is 1. The van der Waals surface area contributed by atoms with Gasteiger partial charge in [-0.1, -0.05) is 6.42 Å². The van der Waals surface area contributed by atoms with Crippen LogP contribution in [0.4, 0.5) is 13.2 Å². The number of benzene rings is 1. The van der Waals surface area contributed by atoms with Gasteiger partial charge < -0.3 is 10.5 Å². The van der Waals surface area contributed by atoms with Crippen LogP contribution in [-0.2, 0) is 14.8 Å². The molecule has 0 saturated carbocycles. The summed E-state index contributed by atoms with van der Waals surface area (Å²) in [6, 6.07) is 2.87. The van der Waals surface area contributed by atoms with E-state index in [-0.39, 0.29) is 11.4 Å². The van der Waals surface area contributed by atoms with E-state index in [1.807, 2.05) is 0 Å². The number of nitrogens with two attached hydrogens (primary N) is 1. The predicted molar refractivity (Wildman–Crippen MR) is 73.9 cm³/mol. The number of primary amides is 1. The predicted octanol–water partition coefficient (Wildman–Crippen LogP) is 1.61. The molecule has 1 unspecified atom stereocenters. The number of piperidine rings is 1. The molecule has 0 aliphatic carbocycles. The van der Waals surface area contributed by atoms with Crippen LogP contribution in [0.5, 0.6) is 5.75 Å². The van der Waals surface area contributed by atoms with Gasteiger partial charge in [0.1, 0.15) is 11.8 Å². The van der Waals surface area contributed by atoms with Crippen molar-refractivity contribution >= 4 is 15.9 Å². The van der Waals surface area contributed by atoms with E-state index in [1.165, 1.54) is 0 Å². The molecule has 23 heavy (non-hydrogen) atoms. The lowest BCUT2D eigenvalue weighted by molar-refractivity contribution is -0.274. The molecule has 1 atom stereocenters. The van der Waals surface area contributed by atoms with E-state index in [0.29, 0.717) is 19.3 Å². The second kappa shape index (κ2) is 6.36. The van der Waals surface area contributed by atoms with Crippen molar-refractivity contribution in [1.29, 1.82) is 0 Å². The molecule has 6 nitrogen and oxygen atoms in total. The molecule has 1 amide bonds. The summed E-state index contributed by atoms with van der Waals surface area (Å²) in [6.45, 7) is 0.136. The topological polar surface area (TPSA) is 89.7 Å². The highest BCUT2D eigenvalue weighted by molar-refractivity contribution is 7.89. The summed E-state index contributed by atoms with van der Waals surface area (Å²) in [4.78, 5) is 11.2. The lowest BCUT2D eigenvalue weighted by Crippen LogP contribution is -2.50. The van der Waals surface area contributed by atoms with Crippen molar-refractivity contribution in [3.63, 3.8) is 0 Å². The summed E-state index contributed by atoms with van der Waals surface area (Å²) < 4.78 is 66.1. The zero-order valence-electron chi connectivity index (χ0n) is 11.9. The first-order valence-corrected chi connectivity index (χ1v) is 8.22. The van der Waals surface area contributed by atoms with Gasteiger partial charge in [0.25, 0.3) is 0 Å². The van der Waals surface area contributed by atoms with Gasteiger partial charge in [-0.05, 0) is 37.1 Å². The maximum Gasteiger partial charge on any atom is 0.573 e. The maximum absolute atomic E-state index is 12.6. The number of sulfonamides is 1. The van der Waals surface area contributed by atoms with Crippen LogP contribution in [0.15, 0.2) is 29.2 Å². The number of carbonyl (C=O) groups is 1. The Hall–Kier alpha value is -1.81. The minimum absolute atomic E-state index is 0.136. The monoisotopic (exact) mass is 352 g/mol. The summed E-state index contributed by atoms with van der Waals surface area (Å²) in [5, 5.41) is 0. The fourth-order valence-electron chi connectivity index (χ4n) is 2.43. The fourth-order valence-corrected chi connectivity index (χ4v) is 4.09. The lowest BCUT2D eigenvalue weighted by atomic mass is 10.0. The molecule has 1 heterocycles. The lowest BCUT2D eigenvalue weighted by Gasteiger charge is -2.32. The summed E-state index contributed by atoms with van der Waals surface area (Å²) in [5.74, 6) is -1.27. The number of alkyl halides is 3. The molecule has 0 aromatic heterocycles. The van der Waals surface area contributed by atoms with Crippen LogP contribution in [0, 0.1) is 0 Å². The van der Waals surface area contributed by atoms with E-state index in [0.717, 1.165) is 28.6 Å². The normalized spacial score (nSPS) is 20.2. The molecule has 10 heteroatoms. The number of hydrogen-bond acceptors (Lipinski definition) is 4. The van der Waals surface area contributed by atoms with Crippen molar-refractivity contribution in [3.05, 3.63) is 24.3 Å². The third kappa shape index (κ3) is 4.14. The van der Waals surface area contributed by atoms with Crippen molar-refractivity contribution in [3.8, 4) is 5.75 Å². The standard InChI is InChI=1S/C13H15F3N2O4S/c14-13(15,16)22-9-4-6-10(7-5-9)23(20,21)18-8-2-1-3-11(18)12(17)19/h4-7,11H,1-3,8H2,(H2,17,19). The Morgan fingerprint density at radius 3 is 2.35 bits per heavy atom. The highest BCUT2D eigenvalue weighted by Crippen LogP contribution is 2.28. The summed E-state index contributed by atoms with van der Waals surface area (Å²) in [5.41, 5.74) is 5.24. The smallest absolute Gasteiger partial charge is 0.406 e. The average Bonchev–Trinajstić information content (AvgIpc) is 2.46. The van der Waals surface area contributed by atoms with Crippen LogP contribution in [-0.4, -0.2) is 37.6 Å². The molecule has 2 rings (SSSR count). The Labute approximate surface area is 131 Å². The second-order valence-electron chi connectivity index (χ2n) is 5.05. The molecular weight excluding hydrogens is 337 g/mol. The molecule has 1 fully saturated rings. The molecule has 0 bridgehead atoms. The Balaban J connectivity index is 2.26. The maximum atomic E-state index is 12.6. The van der Waals surface area contributed by atoms with E-state index < -0.39 is 34.1 Å². The van der Waals surface area contributed by atoms with Crippen LogP contribution in [0.25, 0.3) is 0 Å². The van der Waals surface area contributed by atoms with Gasteiger partial charge >= 0.3 is 6.36 Å². The van der Waals surface area contributed by atoms with Crippen LogP contribution >= 0.6 is 0 Å². The van der Waals surface area contributed by atoms with Crippen molar-refractivity contribution in [2.75, 3.05) is 6.54 Å². The van der Waals surface area contributed by atoms with Crippen LogP contribution in [0.1, 0.15) is 19.3 Å². The summed E-state index contributed by atoms with van der Waals surface area (Å²) in [6.07, 6.45) is -3.27. The first-order valence-electron chi connectivity index (χ1n) is 6.78. The Morgan fingerprint density at radius 2 is 1.83 bits per heavy atom. The van der Waals surface area contributed by atoms with Crippen molar-refractivity contribution in [2.24, 2.45) is 5.73 Å². The van der Waals surface area contributed by atoms with E-state index in [9.17, 15) is 26.4 Å². The fraction of sp³-hybridized carbons (Fsp3) is 0.462. The van der Waals surface area contributed by atoms with Gasteiger partial charge in [0.05, 0.1) is 4.90 Å². The highest BCUT2D eigenvalue weighted by atomic mass is 32.2. The van der Waals surface area contributed by atoms with E-state index in [1.54, 1.807) is 0 Å². The van der Waals surface area contributed by atoms with Crippen molar-refractivity contribution in [2.45, 2.75) is 36.6 Å². The molecular formula is C13H15F3N2O4S. The zero-order chi connectivity index (χ0) is 17.3. The largest absolute Gasteiger partial charge is 0.573 e. The molecule has 1 aliphatic rings. The van der Waals surface area contributed by atoms with Crippen molar-refractivity contribution in [1.82, 2.24) is 4.31 Å². The Bertz CT molecular complexity index is 673. The molecule has 2 N–H and O–H groups in total. The first kappa shape index (κ1) is 17.5. The molecule has 1 aliphatic heterocycles. The van der Waals surface area contributed by atoms with Gasteiger partial charge in [-0.2, -0.15) is 4.31 Å². The van der Waals surface area contributed by atoms with E-state index >= 15 is 0 Å². The van der Waals surface area contributed by atoms with Crippen molar-refractivity contribution < 1.29 is 31.1 Å². The molecule has 1 saturated heterocycles. The molecule has 128 valence electrons. The SMILES string of the molecule is NC(=O)C1CCCCN1S(=O)(=O)c1ccc(OC(F)(F)F)cc1. The number of amides is 1. The second-order valence-corrected chi connectivity index (χ2v) is 6.94. The minimum atomic E-state index is -4.86. The van der Waals surface area contributed by atoms with E-state index in [4.69, 9.17) is 5.73 Å². The molecule has 1 aromatic rings. The minimum Gasteiger partial charge on any atom is -0.406 e. The number of halogens is 3. The summed E-state index contributed by atoms with van der Waals surface area (Å²) in [7, 11) is -4.02. The first-order chi connectivity index (χ1) is 10.6. The number of hydrogen-bond donors (Lipinski definition) is 1. The van der Waals surface area contributed by atoms with Crippen LogP contribution in [0.3, 0.4) is 0 Å². The van der Waals surface area contributed by atoms with Gasteiger partial charge in [-0.25, -0.2) is 8.42 Å². The van der Waals surface area contributed by atoms with Gasteiger partial charge in [0.15, 0.2) is 0 Å². The molecule has 0 radical (unpaired) electrons. The third-order valence-electron chi connectivity index (χ3n) is 3.45. The number of rotatable bonds is 4. The van der Waals surface area contributed by atoms with Gasteiger partial charge in [-0.3, -0.25) is 4.79 Å². The summed E-state index contributed by atoms with van der Waals surface area (Å²) >= 11 is 0. The van der Waals surface area contributed by atoms with Gasteiger partial charge in [0, 0.05) is 6.54 Å². The van der Waals surface area contributed by atoms with E-state index in [2.05, 4.69) is 4.74 Å². The molecule has 1 aromatic carbocycles. The third-order valence-corrected chi connectivity index (χ3v) is 5.37. The van der Waals surface area contributed by atoms with Gasteiger partial charge in [0.2, 0.25) is 15.9 Å². The molecule has 0 spiro atoms. The van der Waals surface area contributed by atoms with Crippen LogP contribution < -0.4 is 10.5 Å². The highest BCUT2D eigenvalue weighted by Gasteiger charge is 2.37. The Kier molecular flexibility index (Phi) is 4.85. The van der Waals surface area contributed by atoms with Gasteiger partial charge in [-0.15, -0.1) is 13.2 Å². The number of carbonyl (C=O) groups excluding carboxylic acids is 1. The van der Waals surface area contributed by atoms with Crippen LogP contribution in [0.2, 0.25) is 0 Å². The Morgan fingerprint density at radius 1 is 1.22 bits per heavy atom. The zero-order valence-corrected chi connectivity index (χ0v) is 12.7.